The van der Waals surface area contributed by atoms with Crippen LogP contribution in [-0.2, 0) is 13.1 Å². The Balaban J connectivity index is 1.45. The highest BCUT2D eigenvalue weighted by Gasteiger charge is 2.26. The normalized spacial score (nSPS) is 16.1. The number of nitrogens with zero attached hydrogens (tertiary/aromatic N) is 4. The molecule has 0 bridgehead atoms. The van der Waals surface area contributed by atoms with E-state index in [0.717, 1.165) is 26.2 Å². The Hall–Kier alpha value is -2.54. The number of benzene rings is 2. The van der Waals surface area contributed by atoms with Crippen molar-refractivity contribution in [2.24, 2.45) is 5.73 Å². The Bertz CT molecular complexity index is 789. The molecule has 1 aliphatic heterocycles. The molecule has 6 heteroatoms. The fourth-order valence-corrected chi connectivity index (χ4v) is 3.70. The van der Waals surface area contributed by atoms with Gasteiger partial charge in [-0.25, -0.2) is 0 Å². The summed E-state index contributed by atoms with van der Waals surface area (Å²) in [4.78, 5) is 9.24. The van der Waals surface area contributed by atoms with Gasteiger partial charge in [0.05, 0.1) is 19.1 Å². The second-order valence-electron chi connectivity index (χ2n) is 6.84. The van der Waals surface area contributed by atoms with Crippen molar-refractivity contribution in [1.29, 1.82) is 0 Å². The molecule has 0 amide bonds. The summed E-state index contributed by atoms with van der Waals surface area (Å²) in [6.45, 7) is 4.94. The van der Waals surface area contributed by atoms with Gasteiger partial charge in [-0.3, -0.25) is 9.80 Å². The highest BCUT2D eigenvalue weighted by atomic mass is 16.5. The zero-order valence-electron chi connectivity index (χ0n) is 15.4. The first kappa shape index (κ1) is 17.9. The molecule has 2 heterocycles. The van der Waals surface area contributed by atoms with Gasteiger partial charge in [-0.05, 0) is 11.1 Å². The fourth-order valence-electron chi connectivity index (χ4n) is 3.70. The quantitative estimate of drug-likeness (QED) is 0.725. The molecule has 2 aromatic carbocycles. The lowest BCUT2D eigenvalue weighted by Crippen LogP contribution is -2.47. The molecular formula is C21H25N5O. The van der Waals surface area contributed by atoms with Crippen LogP contribution in [0.25, 0.3) is 0 Å². The van der Waals surface area contributed by atoms with E-state index in [1.54, 1.807) is 0 Å². The monoisotopic (exact) mass is 363 g/mol. The van der Waals surface area contributed by atoms with Gasteiger partial charge in [-0.1, -0.05) is 65.8 Å². The third kappa shape index (κ3) is 4.24. The summed E-state index contributed by atoms with van der Waals surface area (Å²) < 4.78 is 5.11. The number of hydrogen-bond acceptors (Lipinski definition) is 6. The predicted octanol–water partition coefficient (Wildman–Crippen LogP) is 2.44. The van der Waals surface area contributed by atoms with Crippen LogP contribution in [-0.4, -0.2) is 46.1 Å². The molecule has 2 N–H and O–H groups in total. The minimum absolute atomic E-state index is 0.281. The summed E-state index contributed by atoms with van der Waals surface area (Å²) in [5.74, 6) is 1.21. The van der Waals surface area contributed by atoms with Gasteiger partial charge < -0.3 is 10.3 Å². The SMILES string of the molecule is NCc1nc(CN2CCN(C(c3ccccc3)c3ccccc3)CC2)no1. The number of nitrogens with two attached hydrogens (primary N) is 1. The van der Waals surface area contributed by atoms with Crippen LogP contribution >= 0.6 is 0 Å². The molecule has 0 radical (unpaired) electrons. The highest BCUT2D eigenvalue weighted by Crippen LogP contribution is 2.29. The second kappa shape index (κ2) is 8.43. The lowest BCUT2D eigenvalue weighted by atomic mass is 9.96. The van der Waals surface area contributed by atoms with Gasteiger partial charge in [-0.2, -0.15) is 4.98 Å². The van der Waals surface area contributed by atoms with E-state index in [2.05, 4.69) is 80.6 Å². The molecule has 0 saturated carbocycles. The first-order chi connectivity index (χ1) is 13.3. The van der Waals surface area contributed by atoms with Crippen LogP contribution in [0.3, 0.4) is 0 Å². The molecule has 1 saturated heterocycles. The van der Waals surface area contributed by atoms with Crippen molar-refractivity contribution in [2.45, 2.75) is 19.1 Å². The van der Waals surface area contributed by atoms with Gasteiger partial charge in [0, 0.05) is 26.2 Å². The van der Waals surface area contributed by atoms with Crippen molar-refractivity contribution in [3.05, 3.63) is 83.5 Å². The predicted molar refractivity (Wildman–Crippen MR) is 104 cm³/mol. The van der Waals surface area contributed by atoms with Crippen molar-refractivity contribution in [1.82, 2.24) is 19.9 Å². The molecule has 140 valence electrons. The molecule has 0 aliphatic carbocycles. The van der Waals surface area contributed by atoms with Crippen molar-refractivity contribution >= 4 is 0 Å². The van der Waals surface area contributed by atoms with Crippen LogP contribution in [0.15, 0.2) is 65.2 Å². The minimum Gasteiger partial charge on any atom is -0.338 e. The third-order valence-corrected chi connectivity index (χ3v) is 5.05. The molecule has 3 aromatic rings. The van der Waals surface area contributed by atoms with Crippen molar-refractivity contribution < 1.29 is 4.52 Å². The summed E-state index contributed by atoms with van der Waals surface area (Å²) in [5, 5.41) is 4.01. The summed E-state index contributed by atoms with van der Waals surface area (Å²) in [6, 6.07) is 21.8. The summed E-state index contributed by atoms with van der Waals surface area (Å²) in [5.41, 5.74) is 8.21. The maximum absolute atomic E-state index is 5.54. The Kier molecular flexibility index (Phi) is 5.58. The van der Waals surface area contributed by atoms with Crippen molar-refractivity contribution in [3.8, 4) is 0 Å². The van der Waals surface area contributed by atoms with E-state index in [-0.39, 0.29) is 12.6 Å². The minimum atomic E-state index is 0.281. The fraction of sp³-hybridized carbons (Fsp3) is 0.333. The standard InChI is InChI=1S/C21H25N5O/c22-15-20-23-19(24-27-20)16-25-11-13-26(14-12-25)21(17-7-3-1-4-8-17)18-9-5-2-6-10-18/h1-10,21H,11-16,22H2. The van der Waals surface area contributed by atoms with Crippen molar-refractivity contribution in [2.75, 3.05) is 26.2 Å². The lowest BCUT2D eigenvalue weighted by molar-refractivity contribution is 0.102. The lowest BCUT2D eigenvalue weighted by Gasteiger charge is -2.39. The molecule has 1 fully saturated rings. The molecule has 6 nitrogen and oxygen atoms in total. The third-order valence-electron chi connectivity index (χ3n) is 5.05. The summed E-state index contributed by atoms with van der Waals surface area (Å²) in [6.07, 6.45) is 0. The Morgan fingerprint density at radius 1 is 0.889 bits per heavy atom. The van der Waals surface area contributed by atoms with E-state index < -0.39 is 0 Å². The molecular weight excluding hydrogens is 338 g/mol. The molecule has 1 aliphatic rings. The van der Waals surface area contributed by atoms with Gasteiger partial charge in [0.1, 0.15) is 0 Å². The number of hydrogen-bond donors (Lipinski definition) is 1. The topological polar surface area (TPSA) is 71.4 Å². The van der Waals surface area contributed by atoms with E-state index in [9.17, 15) is 0 Å². The molecule has 1 aromatic heterocycles. The molecule has 27 heavy (non-hydrogen) atoms. The van der Waals surface area contributed by atoms with E-state index in [1.807, 2.05) is 0 Å². The van der Waals surface area contributed by atoms with Gasteiger partial charge in [0.15, 0.2) is 5.82 Å². The average molecular weight is 363 g/mol. The van der Waals surface area contributed by atoms with Gasteiger partial charge in [-0.15, -0.1) is 0 Å². The molecule has 0 spiro atoms. The average Bonchev–Trinajstić information content (AvgIpc) is 3.19. The van der Waals surface area contributed by atoms with E-state index in [1.165, 1.54) is 11.1 Å². The summed E-state index contributed by atoms with van der Waals surface area (Å²) >= 11 is 0. The van der Waals surface area contributed by atoms with Crippen molar-refractivity contribution in [3.63, 3.8) is 0 Å². The van der Waals surface area contributed by atoms with Gasteiger partial charge >= 0.3 is 0 Å². The smallest absolute Gasteiger partial charge is 0.240 e. The first-order valence-corrected chi connectivity index (χ1v) is 9.41. The van der Waals surface area contributed by atoms with Crippen LogP contribution in [0.2, 0.25) is 0 Å². The number of rotatable bonds is 6. The number of piperazine rings is 1. The first-order valence-electron chi connectivity index (χ1n) is 9.41. The van der Waals surface area contributed by atoms with Gasteiger partial charge in [0.25, 0.3) is 0 Å². The Labute approximate surface area is 159 Å². The molecule has 0 unspecified atom stereocenters. The summed E-state index contributed by atoms with van der Waals surface area (Å²) in [7, 11) is 0. The molecule has 0 atom stereocenters. The second-order valence-corrected chi connectivity index (χ2v) is 6.84. The molecule has 4 rings (SSSR count). The number of aromatic nitrogens is 2. The van der Waals surface area contributed by atoms with E-state index in [0.29, 0.717) is 18.3 Å². The van der Waals surface area contributed by atoms with Crippen LogP contribution in [0, 0.1) is 0 Å². The zero-order valence-corrected chi connectivity index (χ0v) is 15.4. The maximum Gasteiger partial charge on any atom is 0.240 e. The van der Waals surface area contributed by atoms with Crippen LogP contribution < -0.4 is 5.73 Å². The Morgan fingerprint density at radius 2 is 1.48 bits per heavy atom. The van der Waals surface area contributed by atoms with Crippen LogP contribution in [0.1, 0.15) is 28.9 Å². The maximum atomic E-state index is 5.54. The van der Waals surface area contributed by atoms with Crippen LogP contribution in [0.4, 0.5) is 0 Å². The zero-order chi connectivity index (χ0) is 18.5. The van der Waals surface area contributed by atoms with E-state index in [4.69, 9.17) is 10.3 Å². The van der Waals surface area contributed by atoms with Gasteiger partial charge in [0.2, 0.25) is 5.89 Å². The largest absolute Gasteiger partial charge is 0.338 e. The van der Waals surface area contributed by atoms with Crippen LogP contribution in [0.5, 0.6) is 0 Å². The van der Waals surface area contributed by atoms with E-state index >= 15 is 0 Å². The Morgan fingerprint density at radius 3 is 2.00 bits per heavy atom. The highest BCUT2D eigenvalue weighted by molar-refractivity contribution is 5.31.